The lowest BCUT2D eigenvalue weighted by atomic mass is 10.1. The lowest BCUT2D eigenvalue weighted by Gasteiger charge is -2.05. The number of nitrogens with zero attached hydrogens (tertiary/aromatic N) is 3. The van der Waals surface area contributed by atoms with Gasteiger partial charge in [-0.1, -0.05) is 11.6 Å². The fourth-order valence-electron chi connectivity index (χ4n) is 2.70. The standard InChI is InChI=1S/C20H21N3O4/c1-4-26-14-6-8-15(9-7-14)27-12-18(24)21-22-19-16-11-13(2)5-10-17(16)23(3)20(19)25/h5-11,25H,4,12H2,1-3H3. The minimum atomic E-state index is -0.548. The molecule has 1 N–H and O–H groups in total. The van der Waals surface area contributed by atoms with Gasteiger partial charge < -0.3 is 19.1 Å². The Morgan fingerprint density at radius 2 is 1.78 bits per heavy atom. The van der Waals surface area contributed by atoms with E-state index in [1.807, 2.05) is 32.0 Å². The first kappa shape index (κ1) is 18.4. The van der Waals surface area contributed by atoms with Gasteiger partial charge in [0.1, 0.15) is 11.5 Å². The second kappa shape index (κ2) is 7.90. The summed E-state index contributed by atoms with van der Waals surface area (Å²) in [5.74, 6) is 0.677. The van der Waals surface area contributed by atoms with E-state index in [0.29, 0.717) is 12.4 Å². The molecule has 3 aromatic rings. The van der Waals surface area contributed by atoms with Crippen molar-refractivity contribution in [1.29, 1.82) is 0 Å². The molecular weight excluding hydrogens is 346 g/mol. The molecular formula is C20H21N3O4. The summed E-state index contributed by atoms with van der Waals surface area (Å²) < 4.78 is 12.4. The predicted octanol–water partition coefficient (Wildman–Crippen LogP) is 4.28. The van der Waals surface area contributed by atoms with Gasteiger partial charge in [0.25, 0.3) is 0 Å². The third-order valence-corrected chi connectivity index (χ3v) is 4.06. The summed E-state index contributed by atoms with van der Waals surface area (Å²) in [5, 5.41) is 18.6. The molecule has 27 heavy (non-hydrogen) atoms. The highest BCUT2D eigenvalue weighted by Gasteiger charge is 2.15. The number of rotatable bonds is 6. The van der Waals surface area contributed by atoms with E-state index in [-0.39, 0.29) is 18.2 Å². The first-order valence-electron chi connectivity index (χ1n) is 8.58. The summed E-state index contributed by atoms with van der Waals surface area (Å²) >= 11 is 0. The zero-order valence-electron chi connectivity index (χ0n) is 15.5. The number of aromatic nitrogens is 1. The normalized spacial score (nSPS) is 11.2. The molecule has 0 saturated heterocycles. The molecule has 0 fully saturated rings. The van der Waals surface area contributed by atoms with Gasteiger partial charge in [0.05, 0.1) is 12.1 Å². The summed E-state index contributed by atoms with van der Waals surface area (Å²) in [7, 11) is 1.73. The van der Waals surface area contributed by atoms with Crippen molar-refractivity contribution >= 4 is 22.5 Å². The Bertz CT molecular complexity index is 991. The number of aromatic hydroxyl groups is 1. The van der Waals surface area contributed by atoms with Gasteiger partial charge in [-0.3, -0.25) is 4.79 Å². The molecule has 0 aliphatic heterocycles. The average molecular weight is 367 g/mol. The van der Waals surface area contributed by atoms with Crippen LogP contribution >= 0.6 is 0 Å². The highest BCUT2D eigenvalue weighted by Crippen LogP contribution is 2.38. The quantitative estimate of drug-likeness (QED) is 0.659. The number of ether oxygens (including phenoxy) is 2. The van der Waals surface area contributed by atoms with Gasteiger partial charge in [0.2, 0.25) is 5.88 Å². The highest BCUT2D eigenvalue weighted by atomic mass is 16.5. The maximum Gasteiger partial charge on any atom is 0.302 e. The number of fused-ring (bicyclic) bond motifs is 1. The van der Waals surface area contributed by atoms with Crippen LogP contribution in [0.3, 0.4) is 0 Å². The number of hydrogen-bond donors (Lipinski definition) is 1. The molecule has 0 bridgehead atoms. The minimum absolute atomic E-state index is 0.0421. The molecule has 140 valence electrons. The molecule has 1 heterocycles. The van der Waals surface area contributed by atoms with E-state index in [4.69, 9.17) is 9.47 Å². The molecule has 0 spiro atoms. The summed E-state index contributed by atoms with van der Waals surface area (Å²) in [6.45, 7) is 4.19. The van der Waals surface area contributed by atoms with Crippen molar-refractivity contribution < 1.29 is 19.4 Å². The maximum atomic E-state index is 12.0. The number of amides is 1. The molecule has 1 amide bonds. The molecule has 3 rings (SSSR count). The first-order chi connectivity index (χ1) is 13.0. The number of aryl methyl sites for hydroxylation is 2. The van der Waals surface area contributed by atoms with Gasteiger partial charge >= 0.3 is 5.91 Å². The Kier molecular flexibility index (Phi) is 5.40. The number of azo groups is 1. The van der Waals surface area contributed by atoms with Crippen LogP contribution in [0.15, 0.2) is 52.7 Å². The van der Waals surface area contributed by atoms with Crippen molar-refractivity contribution in [1.82, 2.24) is 4.57 Å². The molecule has 0 unspecified atom stereocenters. The van der Waals surface area contributed by atoms with Crippen molar-refractivity contribution in [3.05, 3.63) is 48.0 Å². The van der Waals surface area contributed by atoms with Crippen molar-refractivity contribution in [2.24, 2.45) is 17.3 Å². The summed E-state index contributed by atoms with van der Waals surface area (Å²) in [6.07, 6.45) is 0. The second-order valence-corrected chi connectivity index (χ2v) is 6.04. The highest BCUT2D eigenvalue weighted by molar-refractivity contribution is 5.95. The summed E-state index contributed by atoms with van der Waals surface area (Å²) in [5.41, 5.74) is 2.10. The lowest BCUT2D eigenvalue weighted by Crippen LogP contribution is -2.07. The minimum Gasteiger partial charge on any atom is -0.494 e. The van der Waals surface area contributed by atoms with E-state index in [1.54, 1.807) is 35.9 Å². The van der Waals surface area contributed by atoms with Gasteiger partial charge in [-0.15, -0.1) is 10.2 Å². The zero-order valence-corrected chi connectivity index (χ0v) is 15.5. The maximum absolute atomic E-state index is 12.0. The second-order valence-electron chi connectivity index (χ2n) is 6.04. The van der Waals surface area contributed by atoms with Crippen molar-refractivity contribution in [3.63, 3.8) is 0 Å². The van der Waals surface area contributed by atoms with E-state index in [9.17, 15) is 9.90 Å². The van der Waals surface area contributed by atoms with Crippen LogP contribution in [0.5, 0.6) is 17.4 Å². The smallest absolute Gasteiger partial charge is 0.302 e. The summed E-state index contributed by atoms with van der Waals surface area (Å²) in [4.78, 5) is 12.0. The predicted molar refractivity (Wildman–Crippen MR) is 102 cm³/mol. The van der Waals surface area contributed by atoms with E-state index in [2.05, 4.69) is 10.2 Å². The molecule has 0 aliphatic rings. The van der Waals surface area contributed by atoms with Gasteiger partial charge in [-0.2, -0.15) is 0 Å². The molecule has 0 aliphatic carbocycles. The Labute approximate surface area is 156 Å². The van der Waals surface area contributed by atoms with Gasteiger partial charge in [-0.05, 0) is 50.2 Å². The topological polar surface area (TPSA) is 85.4 Å². The van der Waals surface area contributed by atoms with Crippen LogP contribution in [0.1, 0.15) is 12.5 Å². The number of carbonyl (C=O) groups is 1. The third kappa shape index (κ3) is 4.08. The summed E-state index contributed by atoms with van der Waals surface area (Å²) in [6, 6.07) is 12.7. The zero-order chi connectivity index (χ0) is 19.4. The fraction of sp³-hybridized carbons (Fsp3) is 0.250. The molecule has 7 heteroatoms. The van der Waals surface area contributed by atoms with Crippen molar-refractivity contribution in [3.8, 4) is 17.4 Å². The fourth-order valence-corrected chi connectivity index (χ4v) is 2.70. The Balaban J connectivity index is 1.69. The lowest BCUT2D eigenvalue weighted by molar-refractivity contribution is -0.120. The molecule has 1 aromatic heterocycles. The van der Waals surface area contributed by atoms with Gasteiger partial charge in [0.15, 0.2) is 12.3 Å². The number of carbonyl (C=O) groups excluding carboxylic acids is 1. The average Bonchev–Trinajstić information content (AvgIpc) is 2.89. The van der Waals surface area contributed by atoms with E-state index < -0.39 is 5.91 Å². The van der Waals surface area contributed by atoms with Crippen LogP contribution in [-0.2, 0) is 11.8 Å². The first-order valence-corrected chi connectivity index (χ1v) is 8.58. The van der Waals surface area contributed by atoms with Crippen LogP contribution in [-0.4, -0.2) is 28.8 Å². The van der Waals surface area contributed by atoms with Crippen molar-refractivity contribution in [2.75, 3.05) is 13.2 Å². The van der Waals surface area contributed by atoms with Crippen LogP contribution in [0.2, 0.25) is 0 Å². The van der Waals surface area contributed by atoms with Crippen LogP contribution in [0.4, 0.5) is 5.69 Å². The third-order valence-electron chi connectivity index (χ3n) is 4.06. The molecule has 2 aromatic carbocycles. The van der Waals surface area contributed by atoms with Gasteiger partial charge in [-0.25, -0.2) is 0 Å². The van der Waals surface area contributed by atoms with Crippen molar-refractivity contribution in [2.45, 2.75) is 13.8 Å². The largest absolute Gasteiger partial charge is 0.494 e. The SMILES string of the molecule is CCOc1ccc(OCC(=O)N=Nc2c(O)n(C)c3ccc(C)cc23)cc1. The Morgan fingerprint density at radius 3 is 2.44 bits per heavy atom. The molecule has 0 radical (unpaired) electrons. The van der Waals surface area contributed by atoms with Crippen LogP contribution < -0.4 is 9.47 Å². The molecule has 0 saturated carbocycles. The van der Waals surface area contributed by atoms with E-state index in [0.717, 1.165) is 22.2 Å². The van der Waals surface area contributed by atoms with Crippen LogP contribution in [0, 0.1) is 6.92 Å². The molecule has 0 atom stereocenters. The molecule has 7 nitrogen and oxygen atoms in total. The number of benzene rings is 2. The monoisotopic (exact) mass is 367 g/mol. The van der Waals surface area contributed by atoms with E-state index in [1.165, 1.54) is 0 Å². The van der Waals surface area contributed by atoms with E-state index >= 15 is 0 Å². The Morgan fingerprint density at radius 1 is 1.11 bits per heavy atom. The van der Waals surface area contributed by atoms with Crippen LogP contribution in [0.25, 0.3) is 10.9 Å². The number of hydrogen-bond acceptors (Lipinski definition) is 5. The Hall–Kier alpha value is -3.35. The van der Waals surface area contributed by atoms with Gasteiger partial charge in [0, 0.05) is 12.4 Å².